The molecule has 0 bridgehead atoms. The van der Waals surface area contributed by atoms with Gasteiger partial charge in [-0.05, 0) is 97.1 Å². The van der Waals surface area contributed by atoms with E-state index in [1.165, 1.54) is 28.7 Å². The van der Waals surface area contributed by atoms with Crippen LogP contribution in [0.3, 0.4) is 0 Å². The lowest BCUT2D eigenvalue weighted by atomic mass is 9.71. The monoisotopic (exact) mass is 466 g/mol. The van der Waals surface area contributed by atoms with Gasteiger partial charge in [-0.15, -0.1) is 0 Å². The number of hydrogen-bond donors (Lipinski definition) is 1. The van der Waals surface area contributed by atoms with Gasteiger partial charge in [-0.3, -0.25) is 4.90 Å². The smallest absolute Gasteiger partial charge is 0.161 e. The normalized spacial score (nSPS) is 26.1. The van der Waals surface area contributed by atoms with Crippen molar-refractivity contribution in [1.29, 1.82) is 0 Å². The summed E-state index contributed by atoms with van der Waals surface area (Å²) in [7, 11) is 6.88. The highest BCUT2D eigenvalue weighted by atomic mass is 16.5. The van der Waals surface area contributed by atoms with Crippen molar-refractivity contribution in [2.45, 2.75) is 44.7 Å². The van der Waals surface area contributed by atoms with Gasteiger partial charge in [0.15, 0.2) is 23.0 Å². The molecule has 0 aliphatic carbocycles. The van der Waals surface area contributed by atoms with Crippen LogP contribution in [0.4, 0.5) is 0 Å². The van der Waals surface area contributed by atoms with Crippen LogP contribution in [0, 0.1) is 11.8 Å². The van der Waals surface area contributed by atoms with Crippen LogP contribution in [-0.4, -0.2) is 53.0 Å². The summed E-state index contributed by atoms with van der Waals surface area (Å²) in [5, 5.41) is 3.81. The SMILES string of the molecule is COc1cc2c(cc1OC)[C@@H]1[C@@H](C)[C@H](C[C@H]3NCCc4cc(OC)c(OC)cc43)CCN1CC2. The molecule has 1 saturated heterocycles. The molecule has 0 aromatic heterocycles. The number of hydrogen-bond acceptors (Lipinski definition) is 6. The summed E-state index contributed by atoms with van der Waals surface area (Å²) in [6, 6.07) is 9.56. The van der Waals surface area contributed by atoms with Crippen LogP contribution >= 0.6 is 0 Å². The minimum Gasteiger partial charge on any atom is -0.493 e. The Kier molecular flexibility index (Phi) is 6.63. The van der Waals surface area contributed by atoms with Gasteiger partial charge in [-0.1, -0.05) is 6.92 Å². The largest absolute Gasteiger partial charge is 0.493 e. The van der Waals surface area contributed by atoms with Gasteiger partial charge in [-0.25, -0.2) is 0 Å². The standard InChI is InChI=1S/C28H38N2O4/c1-17-18(12-23-21-15-26(33-4)24(31-2)13-19(21)6-9-29-23)7-10-30-11-8-20-14-25(32-3)27(34-5)16-22(20)28(17)30/h13-18,23,28-29H,6-12H2,1-5H3/t17-,18-,23+,28-/m0/s1. The van der Waals surface area contributed by atoms with Crippen molar-refractivity contribution < 1.29 is 18.9 Å². The van der Waals surface area contributed by atoms with Gasteiger partial charge in [-0.2, -0.15) is 0 Å². The fourth-order valence-electron chi connectivity index (χ4n) is 6.56. The quantitative estimate of drug-likeness (QED) is 0.674. The summed E-state index contributed by atoms with van der Waals surface area (Å²) in [5.41, 5.74) is 5.58. The minimum absolute atomic E-state index is 0.344. The first-order chi connectivity index (χ1) is 16.6. The molecule has 5 rings (SSSR count). The molecule has 4 atom stereocenters. The van der Waals surface area contributed by atoms with Crippen molar-refractivity contribution >= 4 is 0 Å². The molecule has 3 aliphatic rings. The number of methoxy groups -OCH3 is 4. The maximum Gasteiger partial charge on any atom is 0.161 e. The molecule has 3 aliphatic heterocycles. The van der Waals surface area contributed by atoms with Crippen LogP contribution in [0.2, 0.25) is 0 Å². The Bertz CT molecular complexity index is 1040. The van der Waals surface area contributed by atoms with Crippen LogP contribution in [0.1, 0.15) is 54.1 Å². The van der Waals surface area contributed by atoms with Crippen molar-refractivity contribution in [3.8, 4) is 23.0 Å². The average molecular weight is 467 g/mol. The molecule has 0 amide bonds. The number of piperidine rings is 1. The molecule has 2 aromatic rings. The number of benzene rings is 2. The van der Waals surface area contributed by atoms with Gasteiger partial charge in [0.2, 0.25) is 0 Å². The molecule has 1 fully saturated rings. The lowest BCUT2D eigenvalue weighted by Crippen LogP contribution is -2.46. The number of nitrogens with one attached hydrogen (secondary N) is 1. The molecular weight excluding hydrogens is 428 g/mol. The maximum absolute atomic E-state index is 5.67. The fourth-order valence-corrected chi connectivity index (χ4v) is 6.56. The Morgan fingerprint density at radius 1 is 0.794 bits per heavy atom. The highest BCUT2D eigenvalue weighted by Gasteiger charge is 2.41. The molecule has 184 valence electrons. The van der Waals surface area contributed by atoms with Gasteiger partial charge in [0, 0.05) is 18.6 Å². The molecule has 6 heteroatoms. The summed E-state index contributed by atoms with van der Waals surface area (Å²) in [6.45, 7) is 5.72. The molecule has 0 radical (unpaired) electrons. The predicted octanol–water partition coefficient (Wildman–Crippen LogP) is 4.55. The molecule has 6 nitrogen and oxygen atoms in total. The van der Waals surface area contributed by atoms with Crippen molar-refractivity contribution in [1.82, 2.24) is 10.2 Å². The zero-order valence-electron chi connectivity index (χ0n) is 21.1. The second-order valence-corrected chi connectivity index (χ2v) is 9.94. The summed E-state index contributed by atoms with van der Waals surface area (Å²) in [4.78, 5) is 2.69. The summed E-state index contributed by atoms with van der Waals surface area (Å²) >= 11 is 0. The van der Waals surface area contributed by atoms with Gasteiger partial charge in [0.1, 0.15) is 0 Å². The van der Waals surface area contributed by atoms with Crippen LogP contribution in [0.5, 0.6) is 23.0 Å². The second kappa shape index (κ2) is 9.67. The highest BCUT2D eigenvalue weighted by molar-refractivity contribution is 5.51. The fraction of sp³-hybridized carbons (Fsp3) is 0.571. The zero-order chi connectivity index (χ0) is 23.8. The Hall–Kier alpha value is -2.44. The van der Waals surface area contributed by atoms with Gasteiger partial charge >= 0.3 is 0 Å². The van der Waals surface area contributed by atoms with Crippen molar-refractivity contribution in [3.05, 3.63) is 46.5 Å². The number of fused-ring (bicyclic) bond motifs is 4. The topological polar surface area (TPSA) is 52.2 Å². The van der Waals surface area contributed by atoms with E-state index >= 15 is 0 Å². The predicted molar refractivity (Wildman–Crippen MR) is 133 cm³/mol. The van der Waals surface area contributed by atoms with Gasteiger partial charge in [0.25, 0.3) is 0 Å². The third kappa shape index (κ3) is 4.01. The Balaban J connectivity index is 1.42. The Morgan fingerprint density at radius 2 is 1.38 bits per heavy atom. The van der Waals surface area contributed by atoms with Crippen LogP contribution in [-0.2, 0) is 12.8 Å². The van der Waals surface area contributed by atoms with Crippen LogP contribution in [0.25, 0.3) is 0 Å². The third-order valence-electron chi connectivity index (χ3n) is 8.40. The van der Waals surface area contributed by atoms with Crippen molar-refractivity contribution in [2.24, 2.45) is 11.8 Å². The van der Waals surface area contributed by atoms with Crippen molar-refractivity contribution in [3.63, 3.8) is 0 Å². The van der Waals surface area contributed by atoms with E-state index in [4.69, 9.17) is 18.9 Å². The molecule has 1 N–H and O–H groups in total. The van der Waals surface area contributed by atoms with E-state index < -0.39 is 0 Å². The first kappa shape index (κ1) is 23.3. The molecule has 0 unspecified atom stereocenters. The lowest BCUT2D eigenvalue weighted by Gasteiger charge is -2.48. The van der Waals surface area contributed by atoms with Crippen molar-refractivity contribution in [2.75, 3.05) is 48.1 Å². The zero-order valence-corrected chi connectivity index (χ0v) is 21.1. The number of nitrogens with zero attached hydrogens (tertiary/aromatic N) is 1. The maximum atomic E-state index is 5.67. The van der Waals surface area contributed by atoms with E-state index in [1.807, 2.05) is 0 Å². The Morgan fingerprint density at radius 3 is 2.03 bits per heavy atom. The van der Waals surface area contributed by atoms with Crippen LogP contribution in [0.15, 0.2) is 24.3 Å². The first-order valence-corrected chi connectivity index (χ1v) is 12.5. The molecule has 34 heavy (non-hydrogen) atoms. The molecule has 3 heterocycles. The Labute approximate surface area is 203 Å². The average Bonchev–Trinajstić information content (AvgIpc) is 2.88. The minimum atomic E-state index is 0.344. The summed E-state index contributed by atoms with van der Waals surface area (Å²) < 4.78 is 22.5. The van der Waals surface area contributed by atoms with E-state index in [9.17, 15) is 0 Å². The first-order valence-electron chi connectivity index (χ1n) is 12.5. The van der Waals surface area contributed by atoms with E-state index in [-0.39, 0.29) is 0 Å². The summed E-state index contributed by atoms with van der Waals surface area (Å²) in [5.74, 6) is 4.50. The molecule has 0 saturated carbocycles. The van der Waals surface area contributed by atoms with E-state index in [2.05, 4.69) is 41.4 Å². The van der Waals surface area contributed by atoms with E-state index in [0.717, 1.165) is 61.9 Å². The van der Waals surface area contributed by atoms with Gasteiger partial charge < -0.3 is 24.3 Å². The molecular formula is C28H38N2O4. The second-order valence-electron chi connectivity index (χ2n) is 9.94. The highest BCUT2D eigenvalue weighted by Crippen LogP contribution is 2.48. The molecule has 2 aromatic carbocycles. The lowest BCUT2D eigenvalue weighted by molar-refractivity contribution is 0.0405. The van der Waals surface area contributed by atoms with E-state index in [1.54, 1.807) is 28.4 Å². The van der Waals surface area contributed by atoms with E-state index in [0.29, 0.717) is 23.9 Å². The molecule has 0 spiro atoms. The van der Waals surface area contributed by atoms with Gasteiger partial charge in [0.05, 0.1) is 28.4 Å². The number of ether oxygens (including phenoxy) is 4. The third-order valence-corrected chi connectivity index (χ3v) is 8.40. The number of rotatable bonds is 6. The van der Waals surface area contributed by atoms with Crippen LogP contribution < -0.4 is 24.3 Å². The summed E-state index contributed by atoms with van der Waals surface area (Å²) in [6.07, 6.45) is 4.47.